The number of nitrogens with one attached hydrogen (secondary N) is 1. The van der Waals surface area contributed by atoms with Gasteiger partial charge in [-0.25, -0.2) is 4.79 Å². The fourth-order valence-corrected chi connectivity index (χ4v) is 4.41. The molecule has 0 saturated carbocycles. The molecule has 3 heterocycles. The summed E-state index contributed by atoms with van der Waals surface area (Å²) < 4.78 is 23.6. The first kappa shape index (κ1) is 21.6. The van der Waals surface area contributed by atoms with E-state index in [1.165, 1.54) is 0 Å². The van der Waals surface area contributed by atoms with E-state index in [0.29, 0.717) is 35.1 Å². The van der Waals surface area contributed by atoms with E-state index in [0.717, 1.165) is 38.8 Å². The first-order valence-electron chi connectivity index (χ1n) is 10.7. The van der Waals surface area contributed by atoms with E-state index in [1.807, 2.05) is 38.1 Å². The highest BCUT2D eigenvalue weighted by molar-refractivity contribution is 6.04. The number of fused-ring (bicyclic) bond motifs is 3. The summed E-state index contributed by atoms with van der Waals surface area (Å²) in [6.07, 6.45) is 1.67. The smallest absolute Gasteiger partial charge is 0.326 e. The predicted molar refractivity (Wildman–Crippen MR) is 128 cm³/mol. The standard InChI is InChI=1S/C25H24N4O5/c1-13-23(14(2)34-28-13)18-9-19-17(10-22(18)33-5)24-20(11-26-19)27-25(30)29(24)12-15-6-7-16(31-3)8-21(15)32-4/h6-11H,12H2,1-5H3,(H,27,30). The first-order chi connectivity index (χ1) is 16.4. The molecule has 3 aromatic heterocycles. The van der Waals surface area contributed by atoms with Gasteiger partial charge in [-0.05, 0) is 38.1 Å². The number of H-pyrrole nitrogens is 1. The Morgan fingerprint density at radius 1 is 1.03 bits per heavy atom. The summed E-state index contributed by atoms with van der Waals surface area (Å²) in [7, 11) is 4.81. The minimum absolute atomic E-state index is 0.240. The zero-order valence-electron chi connectivity index (χ0n) is 19.6. The van der Waals surface area contributed by atoms with Crippen LogP contribution in [0.25, 0.3) is 33.1 Å². The Labute approximate surface area is 194 Å². The first-order valence-corrected chi connectivity index (χ1v) is 10.7. The summed E-state index contributed by atoms with van der Waals surface area (Å²) in [6, 6.07) is 9.38. The second kappa shape index (κ2) is 8.26. The molecule has 0 atom stereocenters. The van der Waals surface area contributed by atoms with E-state index in [9.17, 15) is 4.79 Å². The van der Waals surface area contributed by atoms with Gasteiger partial charge in [-0.1, -0.05) is 5.16 Å². The third-order valence-corrected chi connectivity index (χ3v) is 6.04. The summed E-state index contributed by atoms with van der Waals surface area (Å²) in [5, 5.41) is 4.86. The Kier molecular flexibility index (Phi) is 5.24. The average molecular weight is 460 g/mol. The van der Waals surface area contributed by atoms with Gasteiger partial charge in [0.05, 0.1) is 61.9 Å². The number of aromatic amines is 1. The third-order valence-electron chi connectivity index (χ3n) is 6.04. The van der Waals surface area contributed by atoms with E-state index >= 15 is 0 Å². The van der Waals surface area contributed by atoms with Crippen molar-refractivity contribution < 1.29 is 18.7 Å². The Hall–Kier alpha value is -4.27. The van der Waals surface area contributed by atoms with Crippen LogP contribution >= 0.6 is 0 Å². The molecule has 0 spiro atoms. The average Bonchev–Trinajstić information content (AvgIpc) is 3.35. The number of methoxy groups -OCH3 is 3. The van der Waals surface area contributed by atoms with Crippen LogP contribution in [0.5, 0.6) is 17.2 Å². The van der Waals surface area contributed by atoms with Gasteiger partial charge >= 0.3 is 5.69 Å². The lowest BCUT2D eigenvalue weighted by Gasteiger charge is -2.13. The summed E-state index contributed by atoms with van der Waals surface area (Å²) in [5.74, 6) is 2.65. The second-order valence-corrected chi connectivity index (χ2v) is 7.98. The lowest BCUT2D eigenvalue weighted by atomic mass is 10.0. The van der Waals surface area contributed by atoms with Crippen LogP contribution in [0, 0.1) is 13.8 Å². The van der Waals surface area contributed by atoms with Crippen LogP contribution < -0.4 is 19.9 Å². The molecular formula is C25H24N4O5. The van der Waals surface area contributed by atoms with Gasteiger partial charge in [0.2, 0.25) is 0 Å². The molecule has 0 bridgehead atoms. The van der Waals surface area contributed by atoms with E-state index in [-0.39, 0.29) is 5.69 Å². The van der Waals surface area contributed by atoms with Crippen molar-refractivity contribution in [1.82, 2.24) is 19.7 Å². The highest BCUT2D eigenvalue weighted by Crippen LogP contribution is 2.38. The van der Waals surface area contributed by atoms with E-state index in [4.69, 9.17) is 18.7 Å². The van der Waals surface area contributed by atoms with Crippen molar-refractivity contribution in [1.29, 1.82) is 0 Å². The normalized spacial score (nSPS) is 11.3. The topological polar surface area (TPSA) is 104 Å². The quantitative estimate of drug-likeness (QED) is 0.404. The number of hydrogen-bond acceptors (Lipinski definition) is 7. The molecule has 5 rings (SSSR count). The van der Waals surface area contributed by atoms with E-state index in [2.05, 4.69) is 15.1 Å². The Morgan fingerprint density at radius 2 is 1.82 bits per heavy atom. The molecule has 2 aromatic carbocycles. The molecule has 9 nitrogen and oxygen atoms in total. The van der Waals surface area contributed by atoms with Gasteiger partial charge in [-0.15, -0.1) is 0 Å². The van der Waals surface area contributed by atoms with Crippen LogP contribution in [0.3, 0.4) is 0 Å². The summed E-state index contributed by atoms with van der Waals surface area (Å²) in [6.45, 7) is 4.05. The molecule has 1 N–H and O–H groups in total. The monoisotopic (exact) mass is 460 g/mol. The van der Waals surface area contributed by atoms with Gasteiger partial charge in [0.25, 0.3) is 0 Å². The van der Waals surface area contributed by atoms with Crippen molar-refractivity contribution in [3.8, 4) is 28.4 Å². The lowest BCUT2D eigenvalue weighted by molar-refractivity contribution is 0.390. The van der Waals surface area contributed by atoms with Crippen LogP contribution in [0.1, 0.15) is 17.0 Å². The minimum atomic E-state index is -0.240. The van der Waals surface area contributed by atoms with E-state index < -0.39 is 0 Å². The fraction of sp³-hybridized carbons (Fsp3) is 0.240. The van der Waals surface area contributed by atoms with Crippen LogP contribution in [0.2, 0.25) is 0 Å². The maximum absolute atomic E-state index is 13.0. The number of aryl methyl sites for hydroxylation is 2. The Balaban J connectivity index is 1.73. The molecule has 0 unspecified atom stereocenters. The number of hydrogen-bond donors (Lipinski definition) is 1. The molecule has 9 heteroatoms. The largest absolute Gasteiger partial charge is 0.497 e. The maximum Gasteiger partial charge on any atom is 0.326 e. The molecule has 5 aromatic rings. The molecular weight excluding hydrogens is 436 g/mol. The number of pyridine rings is 1. The highest BCUT2D eigenvalue weighted by atomic mass is 16.5. The molecule has 174 valence electrons. The van der Waals surface area contributed by atoms with Crippen molar-refractivity contribution in [2.45, 2.75) is 20.4 Å². The molecule has 0 radical (unpaired) electrons. The predicted octanol–water partition coefficient (Wildman–Crippen LogP) is 4.22. The van der Waals surface area contributed by atoms with Crippen LogP contribution in [-0.2, 0) is 6.54 Å². The van der Waals surface area contributed by atoms with Gasteiger partial charge in [-0.3, -0.25) is 9.55 Å². The van der Waals surface area contributed by atoms with Crippen LogP contribution in [0.15, 0.2) is 45.8 Å². The van der Waals surface area contributed by atoms with Crippen molar-refractivity contribution in [3.63, 3.8) is 0 Å². The van der Waals surface area contributed by atoms with E-state index in [1.54, 1.807) is 38.2 Å². The van der Waals surface area contributed by atoms with Gasteiger partial charge in [0.15, 0.2) is 0 Å². The van der Waals surface area contributed by atoms with Gasteiger partial charge < -0.3 is 23.7 Å². The Morgan fingerprint density at radius 3 is 2.50 bits per heavy atom. The molecule has 0 fully saturated rings. The maximum atomic E-state index is 13.0. The number of benzene rings is 2. The number of ether oxygens (including phenoxy) is 3. The zero-order valence-corrected chi connectivity index (χ0v) is 19.6. The SMILES string of the molecule is COc1ccc(Cn2c(=O)[nH]c3cnc4cc(-c5c(C)noc5C)c(OC)cc4c32)c(OC)c1. The van der Waals surface area contributed by atoms with Crippen LogP contribution in [0.4, 0.5) is 0 Å². The highest BCUT2D eigenvalue weighted by Gasteiger charge is 2.20. The summed E-state index contributed by atoms with van der Waals surface area (Å²) in [4.78, 5) is 20.5. The van der Waals surface area contributed by atoms with Crippen molar-refractivity contribution in [2.24, 2.45) is 0 Å². The summed E-state index contributed by atoms with van der Waals surface area (Å²) in [5.41, 5.74) is 5.16. The van der Waals surface area contributed by atoms with Crippen LogP contribution in [-0.4, -0.2) is 41.0 Å². The molecule has 0 aliphatic heterocycles. The second-order valence-electron chi connectivity index (χ2n) is 7.98. The molecule has 0 amide bonds. The fourth-order valence-electron chi connectivity index (χ4n) is 4.41. The Bertz CT molecular complexity index is 1580. The zero-order chi connectivity index (χ0) is 24.0. The van der Waals surface area contributed by atoms with Crippen molar-refractivity contribution in [2.75, 3.05) is 21.3 Å². The molecule has 0 saturated heterocycles. The molecule has 0 aliphatic carbocycles. The van der Waals surface area contributed by atoms with Crippen molar-refractivity contribution in [3.05, 3.63) is 64.0 Å². The number of aromatic nitrogens is 4. The number of nitrogens with zero attached hydrogens (tertiary/aromatic N) is 3. The lowest BCUT2D eigenvalue weighted by Crippen LogP contribution is -2.17. The molecule has 0 aliphatic rings. The summed E-state index contributed by atoms with van der Waals surface area (Å²) >= 11 is 0. The number of rotatable bonds is 6. The van der Waals surface area contributed by atoms with Gasteiger partial charge in [0.1, 0.15) is 23.0 Å². The third kappa shape index (κ3) is 3.37. The van der Waals surface area contributed by atoms with Crippen molar-refractivity contribution >= 4 is 21.9 Å². The number of imidazole rings is 1. The molecule has 34 heavy (non-hydrogen) atoms. The van der Waals surface area contributed by atoms with Gasteiger partial charge in [0, 0.05) is 22.6 Å². The van der Waals surface area contributed by atoms with Gasteiger partial charge in [-0.2, -0.15) is 0 Å². The minimum Gasteiger partial charge on any atom is -0.497 e.